The monoisotopic (exact) mass is 340 g/mol. The van der Waals surface area contributed by atoms with Crippen molar-refractivity contribution in [1.82, 2.24) is 14.3 Å². The van der Waals surface area contributed by atoms with E-state index in [1.165, 1.54) is 0 Å². The van der Waals surface area contributed by atoms with Crippen molar-refractivity contribution in [3.63, 3.8) is 0 Å². The van der Waals surface area contributed by atoms with Gasteiger partial charge in [0.2, 0.25) is 16.0 Å². The van der Waals surface area contributed by atoms with E-state index in [1.807, 2.05) is 4.90 Å². The van der Waals surface area contributed by atoms with Crippen LogP contribution in [-0.4, -0.2) is 48.9 Å². The summed E-state index contributed by atoms with van der Waals surface area (Å²) in [7, 11) is -4.21. The molecule has 2 aromatic rings. The molecule has 0 bridgehead atoms. The van der Waals surface area contributed by atoms with Gasteiger partial charge in [-0.25, -0.2) is 27.2 Å². The molecule has 6 nitrogen and oxygen atoms in total. The van der Waals surface area contributed by atoms with Gasteiger partial charge in [-0.3, -0.25) is 0 Å². The van der Waals surface area contributed by atoms with Crippen molar-refractivity contribution in [3.8, 4) is 0 Å². The van der Waals surface area contributed by atoms with Crippen molar-refractivity contribution >= 4 is 16.0 Å². The van der Waals surface area contributed by atoms with E-state index in [-0.39, 0.29) is 13.1 Å². The summed E-state index contributed by atoms with van der Waals surface area (Å²) in [5.74, 6) is -1.67. The summed E-state index contributed by atoms with van der Waals surface area (Å²) in [5.41, 5.74) is 0. The zero-order chi connectivity index (χ0) is 16.4. The van der Waals surface area contributed by atoms with E-state index < -0.39 is 26.6 Å². The van der Waals surface area contributed by atoms with E-state index in [4.69, 9.17) is 0 Å². The molecule has 0 spiro atoms. The molecule has 3 rings (SSSR count). The minimum Gasteiger partial charge on any atom is -0.338 e. The first kappa shape index (κ1) is 15.8. The number of nitrogens with zero attached hydrogens (tertiary/aromatic N) is 4. The molecule has 1 aliphatic rings. The zero-order valence-corrected chi connectivity index (χ0v) is 12.9. The number of hydrogen-bond donors (Lipinski definition) is 0. The molecule has 0 saturated carbocycles. The Morgan fingerprint density at radius 3 is 2.04 bits per heavy atom. The van der Waals surface area contributed by atoms with E-state index in [1.54, 1.807) is 18.5 Å². The summed E-state index contributed by atoms with van der Waals surface area (Å²) in [6.07, 6.45) is 3.19. The van der Waals surface area contributed by atoms with E-state index >= 15 is 0 Å². The lowest BCUT2D eigenvalue weighted by Gasteiger charge is -2.33. The first-order valence-corrected chi connectivity index (χ1v) is 8.40. The first-order chi connectivity index (χ1) is 11.0. The molecule has 1 aromatic carbocycles. The van der Waals surface area contributed by atoms with Gasteiger partial charge in [0.1, 0.15) is 11.6 Å². The lowest BCUT2D eigenvalue weighted by Crippen LogP contribution is -2.49. The van der Waals surface area contributed by atoms with Crippen LogP contribution in [0.3, 0.4) is 0 Å². The maximum atomic E-state index is 13.8. The standard InChI is InChI=1S/C14H14F2N4O2S/c15-11-3-1-4-12(16)13(11)23(21,22)20-9-7-19(8-10-20)14-17-5-2-6-18-14/h1-6H,7-10H2. The van der Waals surface area contributed by atoms with Gasteiger partial charge in [0.15, 0.2) is 4.90 Å². The largest absolute Gasteiger partial charge is 0.338 e. The zero-order valence-electron chi connectivity index (χ0n) is 12.1. The number of sulfonamides is 1. The fourth-order valence-corrected chi connectivity index (χ4v) is 3.97. The van der Waals surface area contributed by atoms with Gasteiger partial charge in [-0.05, 0) is 18.2 Å². The lowest BCUT2D eigenvalue weighted by molar-refractivity contribution is 0.376. The highest BCUT2D eigenvalue weighted by Gasteiger charge is 2.33. The Hall–Kier alpha value is -2.13. The van der Waals surface area contributed by atoms with Crippen LogP contribution in [0, 0.1) is 11.6 Å². The van der Waals surface area contributed by atoms with Gasteiger partial charge in [0.05, 0.1) is 0 Å². The van der Waals surface area contributed by atoms with Gasteiger partial charge in [-0.15, -0.1) is 0 Å². The molecule has 0 N–H and O–H groups in total. The Balaban J connectivity index is 1.79. The Morgan fingerprint density at radius 1 is 0.913 bits per heavy atom. The van der Waals surface area contributed by atoms with Crippen LogP contribution in [0.25, 0.3) is 0 Å². The van der Waals surface area contributed by atoms with Gasteiger partial charge in [-0.2, -0.15) is 4.31 Å². The molecular formula is C14H14F2N4O2S. The predicted octanol–water partition coefficient (Wildman–Crippen LogP) is 1.27. The number of anilines is 1. The molecule has 0 unspecified atom stereocenters. The second kappa shape index (κ2) is 6.17. The summed E-state index contributed by atoms with van der Waals surface area (Å²) in [5, 5.41) is 0. The SMILES string of the molecule is O=S(=O)(c1c(F)cccc1F)N1CCN(c2ncccn2)CC1. The molecule has 1 saturated heterocycles. The quantitative estimate of drug-likeness (QED) is 0.842. The van der Waals surface area contributed by atoms with E-state index in [0.717, 1.165) is 22.5 Å². The van der Waals surface area contributed by atoms with Gasteiger partial charge in [0, 0.05) is 38.6 Å². The first-order valence-electron chi connectivity index (χ1n) is 6.96. The van der Waals surface area contributed by atoms with Crippen molar-refractivity contribution in [2.24, 2.45) is 0 Å². The van der Waals surface area contributed by atoms with Crippen molar-refractivity contribution < 1.29 is 17.2 Å². The molecule has 2 heterocycles. The highest BCUT2D eigenvalue weighted by molar-refractivity contribution is 7.89. The average molecular weight is 340 g/mol. The average Bonchev–Trinajstić information content (AvgIpc) is 2.55. The van der Waals surface area contributed by atoms with Crippen LogP contribution in [0.4, 0.5) is 14.7 Å². The summed E-state index contributed by atoms with van der Waals surface area (Å²) >= 11 is 0. The van der Waals surface area contributed by atoms with Crippen molar-refractivity contribution in [2.75, 3.05) is 31.1 Å². The van der Waals surface area contributed by atoms with E-state index in [2.05, 4.69) is 9.97 Å². The number of rotatable bonds is 3. The number of benzene rings is 1. The molecule has 0 radical (unpaired) electrons. The smallest absolute Gasteiger partial charge is 0.249 e. The number of piperazine rings is 1. The summed E-state index contributed by atoms with van der Waals surface area (Å²) in [6.45, 7) is 0.904. The minimum absolute atomic E-state index is 0.106. The molecule has 9 heteroatoms. The molecule has 122 valence electrons. The van der Waals surface area contributed by atoms with Gasteiger partial charge in [0.25, 0.3) is 0 Å². The molecule has 1 aliphatic heterocycles. The molecule has 1 aromatic heterocycles. The highest BCUT2D eigenvalue weighted by atomic mass is 32.2. The number of halogens is 2. The van der Waals surface area contributed by atoms with Crippen LogP contribution in [0.2, 0.25) is 0 Å². The molecule has 0 atom stereocenters. The maximum Gasteiger partial charge on any atom is 0.249 e. The fourth-order valence-electron chi connectivity index (χ4n) is 2.44. The van der Waals surface area contributed by atoms with Crippen LogP contribution in [0.1, 0.15) is 0 Å². The topological polar surface area (TPSA) is 66.4 Å². The highest BCUT2D eigenvalue weighted by Crippen LogP contribution is 2.24. The van der Waals surface area contributed by atoms with Crippen LogP contribution >= 0.6 is 0 Å². The molecule has 23 heavy (non-hydrogen) atoms. The number of hydrogen-bond acceptors (Lipinski definition) is 5. The van der Waals surface area contributed by atoms with Crippen LogP contribution in [-0.2, 0) is 10.0 Å². The predicted molar refractivity (Wildman–Crippen MR) is 79.4 cm³/mol. The Kier molecular flexibility index (Phi) is 4.22. The molecule has 1 fully saturated rings. The van der Waals surface area contributed by atoms with Crippen LogP contribution in [0.15, 0.2) is 41.6 Å². The minimum atomic E-state index is -4.21. The third-order valence-corrected chi connectivity index (χ3v) is 5.54. The second-order valence-corrected chi connectivity index (χ2v) is 6.87. The summed E-state index contributed by atoms with van der Waals surface area (Å²) in [6, 6.07) is 4.69. The third-order valence-electron chi connectivity index (χ3n) is 3.59. The second-order valence-electron chi connectivity index (χ2n) is 4.99. The maximum absolute atomic E-state index is 13.8. The van der Waals surface area contributed by atoms with Crippen molar-refractivity contribution in [2.45, 2.75) is 4.90 Å². The number of aromatic nitrogens is 2. The Labute approximate surface area is 132 Å². The fraction of sp³-hybridized carbons (Fsp3) is 0.286. The lowest BCUT2D eigenvalue weighted by atomic mass is 10.3. The van der Waals surface area contributed by atoms with E-state index in [0.29, 0.717) is 19.0 Å². The Bertz CT molecular complexity index is 773. The van der Waals surface area contributed by atoms with Gasteiger partial charge >= 0.3 is 0 Å². The summed E-state index contributed by atoms with van der Waals surface area (Å²) in [4.78, 5) is 9.13. The van der Waals surface area contributed by atoms with Gasteiger partial charge in [-0.1, -0.05) is 6.07 Å². The van der Waals surface area contributed by atoms with Crippen molar-refractivity contribution in [3.05, 3.63) is 48.3 Å². The Morgan fingerprint density at radius 2 is 1.48 bits per heavy atom. The molecule has 0 aliphatic carbocycles. The summed E-state index contributed by atoms with van der Waals surface area (Å²) < 4.78 is 53.5. The van der Waals surface area contributed by atoms with Crippen LogP contribution < -0.4 is 4.90 Å². The normalized spacial score (nSPS) is 16.5. The van der Waals surface area contributed by atoms with Crippen LogP contribution in [0.5, 0.6) is 0 Å². The molecule has 0 amide bonds. The van der Waals surface area contributed by atoms with Crippen molar-refractivity contribution in [1.29, 1.82) is 0 Å². The third kappa shape index (κ3) is 3.02. The van der Waals surface area contributed by atoms with Gasteiger partial charge < -0.3 is 4.90 Å². The molecular weight excluding hydrogens is 326 g/mol. The van der Waals surface area contributed by atoms with E-state index in [9.17, 15) is 17.2 Å².